The number of rotatable bonds is 4. The van der Waals surface area contributed by atoms with Crippen LogP contribution < -0.4 is 5.56 Å². The predicted octanol–water partition coefficient (Wildman–Crippen LogP) is 4.20. The fourth-order valence-electron chi connectivity index (χ4n) is 3.12. The van der Waals surface area contributed by atoms with E-state index >= 15 is 0 Å². The van der Waals surface area contributed by atoms with Crippen LogP contribution in [0.25, 0.3) is 10.2 Å². The maximum absolute atomic E-state index is 12.7. The van der Waals surface area contributed by atoms with Crippen molar-refractivity contribution in [3.05, 3.63) is 55.7 Å². The summed E-state index contributed by atoms with van der Waals surface area (Å²) in [7, 11) is 1.71. The van der Waals surface area contributed by atoms with Crippen LogP contribution in [0.2, 0.25) is 0 Å². The molecule has 1 aromatic carbocycles. The van der Waals surface area contributed by atoms with Crippen LogP contribution >= 0.6 is 23.1 Å². The number of benzene rings is 1. The van der Waals surface area contributed by atoms with Gasteiger partial charge in [0, 0.05) is 17.5 Å². The van der Waals surface area contributed by atoms with Crippen LogP contribution in [0.1, 0.15) is 31.9 Å². The van der Waals surface area contributed by atoms with E-state index in [2.05, 4.69) is 4.98 Å². The lowest BCUT2D eigenvalue weighted by Crippen LogP contribution is -2.20. The number of hydrogen-bond acceptors (Lipinski definition) is 5. The van der Waals surface area contributed by atoms with Crippen LogP contribution in [0, 0.1) is 27.7 Å². The molecule has 0 spiro atoms. The molecule has 0 bridgehead atoms. The van der Waals surface area contributed by atoms with E-state index in [1.165, 1.54) is 27.7 Å². The van der Waals surface area contributed by atoms with E-state index < -0.39 is 0 Å². The van der Waals surface area contributed by atoms with Gasteiger partial charge in [-0.25, -0.2) is 4.98 Å². The van der Waals surface area contributed by atoms with E-state index in [-0.39, 0.29) is 17.1 Å². The Morgan fingerprint density at radius 3 is 2.44 bits per heavy atom. The summed E-state index contributed by atoms with van der Waals surface area (Å²) in [6.07, 6.45) is 0. The van der Waals surface area contributed by atoms with Gasteiger partial charge < -0.3 is 0 Å². The van der Waals surface area contributed by atoms with Gasteiger partial charge in [0.1, 0.15) is 4.83 Å². The number of fused-ring (bicyclic) bond motifs is 1. The van der Waals surface area contributed by atoms with Gasteiger partial charge in [0.2, 0.25) is 0 Å². The number of aromatic nitrogens is 2. The van der Waals surface area contributed by atoms with Crippen LogP contribution in [-0.2, 0) is 7.05 Å². The lowest BCUT2D eigenvalue weighted by atomic mass is 9.97. The molecular formula is C19H20N2O2S2. The molecule has 0 saturated carbocycles. The third kappa shape index (κ3) is 3.41. The van der Waals surface area contributed by atoms with Crippen molar-refractivity contribution < 1.29 is 4.79 Å². The standard InChI is InChI=1S/C19H20N2O2S2/c1-10-6-11(2)16(12(3)7-10)15(22)9-24-19-20-17-14(8-13(4)25-17)18(23)21(19)5/h6-8H,9H2,1-5H3. The zero-order valence-corrected chi connectivity index (χ0v) is 16.6. The molecule has 0 aliphatic heterocycles. The Labute approximate surface area is 154 Å². The molecule has 2 aromatic heterocycles. The highest BCUT2D eigenvalue weighted by molar-refractivity contribution is 7.99. The fraction of sp³-hybridized carbons (Fsp3) is 0.316. The molecule has 0 radical (unpaired) electrons. The monoisotopic (exact) mass is 372 g/mol. The van der Waals surface area contributed by atoms with Gasteiger partial charge in [-0.3, -0.25) is 14.2 Å². The van der Waals surface area contributed by atoms with Gasteiger partial charge in [-0.05, 0) is 44.9 Å². The van der Waals surface area contributed by atoms with Gasteiger partial charge in [-0.15, -0.1) is 11.3 Å². The van der Waals surface area contributed by atoms with Gasteiger partial charge in [-0.2, -0.15) is 0 Å². The molecule has 0 atom stereocenters. The zero-order chi connectivity index (χ0) is 18.3. The molecule has 0 saturated heterocycles. The SMILES string of the molecule is Cc1cc(C)c(C(=O)CSc2nc3sc(C)cc3c(=O)n2C)c(C)c1. The van der Waals surface area contributed by atoms with Gasteiger partial charge in [0.25, 0.3) is 5.56 Å². The van der Waals surface area contributed by atoms with Crippen molar-refractivity contribution in [3.63, 3.8) is 0 Å². The Bertz CT molecular complexity index is 1020. The second-order valence-electron chi connectivity index (χ2n) is 6.32. The van der Waals surface area contributed by atoms with Gasteiger partial charge in [-0.1, -0.05) is 29.5 Å². The summed E-state index contributed by atoms with van der Waals surface area (Å²) < 4.78 is 1.53. The molecule has 0 N–H and O–H groups in total. The average Bonchev–Trinajstić information content (AvgIpc) is 2.89. The number of Topliss-reactive ketones (excluding diaryl/α,β-unsaturated/α-hetero) is 1. The lowest BCUT2D eigenvalue weighted by molar-refractivity contribution is 0.102. The van der Waals surface area contributed by atoms with E-state index in [0.717, 1.165) is 32.0 Å². The van der Waals surface area contributed by atoms with E-state index in [0.29, 0.717) is 10.5 Å². The summed E-state index contributed by atoms with van der Waals surface area (Å²) >= 11 is 2.82. The number of carbonyl (C=O) groups is 1. The quantitative estimate of drug-likeness (QED) is 0.391. The molecule has 0 aliphatic carbocycles. The molecule has 3 rings (SSSR count). The predicted molar refractivity (Wildman–Crippen MR) is 105 cm³/mol. The van der Waals surface area contributed by atoms with E-state index in [9.17, 15) is 9.59 Å². The van der Waals surface area contributed by atoms with Crippen molar-refractivity contribution >= 4 is 39.1 Å². The van der Waals surface area contributed by atoms with Crippen molar-refractivity contribution in [1.82, 2.24) is 9.55 Å². The Kier molecular flexibility index (Phi) is 4.84. The van der Waals surface area contributed by atoms with E-state index in [1.54, 1.807) is 7.05 Å². The topological polar surface area (TPSA) is 52.0 Å². The van der Waals surface area contributed by atoms with Crippen LogP contribution in [0.15, 0.2) is 28.2 Å². The highest BCUT2D eigenvalue weighted by Crippen LogP contribution is 2.25. The smallest absolute Gasteiger partial charge is 0.262 e. The van der Waals surface area contributed by atoms with Crippen molar-refractivity contribution in [2.24, 2.45) is 7.05 Å². The summed E-state index contributed by atoms with van der Waals surface area (Å²) in [6.45, 7) is 7.92. The molecule has 2 heterocycles. The van der Waals surface area contributed by atoms with Crippen LogP contribution in [0.4, 0.5) is 0 Å². The average molecular weight is 373 g/mol. The minimum atomic E-state index is -0.0630. The van der Waals surface area contributed by atoms with Gasteiger partial charge >= 0.3 is 0 Å². The minimum Gasteiger partial charge on any atom is -0.293 e. The summed E-state index contributed by atoms with van der Waals surface area (Å²) in [5.41, 5.74) is 3.86. The van der Waals surface area contributed by atoms with Crippen LogP contribution in [0.3, 0.4) is 0 Å². The summed E-state index contributed by atoms with van der Waals surface area (Å²) in [5, 5.41) is 1.22. The molecule has 0 unspecified atom stereocenters. The number of thiophene rings is 1. The summed E-state index contributed by atoms with van der Waals surface area (Å²) in [6, 6.07) is 5.92. The number of thioether (sulfide) groups is 1. The maximum Gasteiger partial charge on any atom is 0.262 e. The molecular weight excluding hydrogens is 352 g/mol. The second-order valence-corrected chi connectivity index (χ2v) is 8.50. The molecule has 0 fully saturated rings. The van der Waals surface area contributed by atoms with Gasteiger partial charge in [0.05, 0.1) is 11.1 Å². The largest absolute Gasteiger partial charge is 0.293 e. The first-order chi connectivity index (χ1) is 11.8. The normalized spacial score (nSPS) is 11.2. The van der Waals surface area contributed by atoms with Crippen LogP contribution in [0.5, 0.6) is 0 Å². The maximum atomic E-state index is 12.7. The number of hydrogen-bond donors (Lipinski definition) is 0. The third-order valence-electron chi connectivity index (χ3n) is 4.14. The Morgan fingerprint density at radius 1 is 1.16 bits per heavy atom. The zero-order valence-electron chi connectivity index (χ0n) is 15.0. The molecule has 4 nitrogen and oxygen atoms in total. The lowest BCUT2D eigenvalue weighted by Gasteiger charge is -2.11. The molecule has 0 amide bonds. The highest BCUT2D eigenvalue weighted by Gasteiger charge is 2.16. The van der Waals surface area contributed by atoms with Crippen molar-refractivity contribution in [2.75, 3.05) is 5.75 Å². The van der Waals surface area contributed by atoms with Crippen molar-refractivity contribution in [2.45, 2.75) is 32.9 Å². The Morgan fingerprint density at radius 2 is 1.80 bits per heavy atom. The molecule has 0 aliphatic rings. The summed E-state index contributed by atoms with van der Waals surface area (Å²) in [4.78, 5) is 31.5. The first kappa shape index (κ1) is 17.9. The first-order valence-corrected chi connectivity index (χ1v) is 9.79. The minimum absolute atomic E-state index is 0.0630. The van der Waals surface area contributed by atoms with E-state index in [1.807, 2.05) is 45.9 Å². The Hall–Kier alpha value is -1.92. The third-order valence-corrected chi connectivity index (χ3v) is 6.12. The summed E-state index contributed by atoms with van der Waals surface area (Å²) in [5.74, 6) is 0.331. The first-order valence-electron chi connectivity index (χ1n) is 7.99. The van der Waals surface area contributed by atoms with Gasteiger partial charge in [0.15, 0.2) is 10.9 Å². The van der Waals surface area contributed by atoms with Crippen molar-refractivity contribution in [3.8, 4) is 0 Å². The number of ketones is 1. The molecule has 6 heteroatoms. The number of aryl methyl sites for hydroxylation is 4. The van der Waals surface area contributed by atoms with E-state index in [4.69, 9.17) is 0 Å². The Balaban J connectivity index is 1.89. The molecule has 25 heavy (non-hydrogen) atoms. The molecule has 130 valence electrons. The highest BCUT2D eigenvalue weighted by atomic mass is 32.2. The second kappa shape index (κ2) is 6.77. The number of nitrogens with zero attached hydrogens (tertiary/aromatic N) is 2. The van der Waals surface area contributed by atoms with Crippen molar-refractivity contribution in [1.29, 1.82) is 0 Å². The molecule has 3 aromatic rings. The van der Waals surface area contributed by atoms with Crippen LogP contribution in [-0.4, -0.2) is 21.1 Å². The fourth-order valence-corrected chi connectivity index (χ4v) is 4.88. The number of carbonyl (C=O) groups excluding carboxylic acids is 1.